The Hall–Kier alpha value is -1.91. The topological polar surface area (TPSA) is 67.9 Å². The molecule has 1 atom stereocenters. The van der Waals surface area contributed by atoms with Crippen LogP contribution in [0.2, 0.25) is 0 Å². The van der Waals surface area contributed by atoms with Gasteiger partial charge in [-0.25, -0.2) is 9.97 Å². The molecule has 2 rings (SSSR count). The Kier molecular flexibility index (Phi) is 3.92. The highest BCUT2D eigenvalue weighted by molar-refractivity contribution is 5.79. The number of aromatic nitrogens is 3. The number of pyridine rings is 1. The number of esters is 1. The Morgan fingerprint density at radius 3 is 3.00 bits per heavy atom. The molecule has 2 aromatic rings. The Morgan fingerprint density at radius 2 is 2.33 bits per heavy atom. The van der Waals surface area contributed by atoms with Crippen molar-refractivity contribution in [3.8, 4) is 0 Å². The quantitative estimate of drug-likeness (QED) is 0.824. The van der Waals surface area contributed by atoms with Crippen LogP contribution in [0.15, 0.2) is 18.3 Å². The minimum atomic E-state index is -0.329. The molecule has 0 amide bonds. The van der Waals surface area contributed by atoms with Crippen LogP contribution in [0, 0.1) is 0 Å². The van der Waals surface area contributed by atoms with Crippen molar-refractivity contribution in [2.45, 2.75) is 32.6 Å². The van der Waals surface area contributed by atoms with Gasteiger partial charge in [0.05, 0.1) is 12.1 Å². The molecule has 0 aromatic carbocycles. The molecule has 0 fully saturated rings. The van der Waals surface area contributed by atoms with Crippen LogP contribution in [0.25, 0.3) is 11.2 Å². The molecule has 0 bridgehead atoms. The van der Waals surface area contributed by atoms with E-state index in [2.05, 4.69) is 15.0 Å². The summed E-state index contributed by atoms with van der Waals surface area (Å²) in [7, 11) is 0. The van der Waals surface area contributed by atoms with Gasteiger partial charge in [0, 0.05) is 6.20 Å². The van der Waals surface area contributed by atoms with E-state index in [9.17, 15) is 4.79 Å². The minimum absolute atomic E-state index is 0.224. The molecule has 2 heterocycles. The largest absolute Gasteiger partial charge is 0.465 e. The Balaban J connectivity index is 2.32. The monoisotopic (exact) mass is 247 g/mol. The highest BCUT2D eigenvalue weighted by Gasteiger charge is 2.24. The molecular weight excluding hydrogens is 230 g/mol. The average Bonchev–Trinajstić information content (AvgIpc) is 2.79. The summed E-state index contributed by atoms with van der Waals surface area (Å²) >= 11 is 0. The maximum Gasteiger partial charge on any atom is 0.316 e. The lowest BCUT2D eigenvalue weighted by Gasteiger charge is -2.11. The Morgan fingerprint density at radius 1 is 1.50 bits per heavy atom. The number of rotatable bonds is 5. The second kappa shape index (κ2) is 5.62. The third kappa shape index (κ3) is 2.50. The van der Waals surface area contributed by atoms with Crippen LogP contribution in [-0.4, -0.2) is 27.5 Å². The lowest BCUT2D eigenvalue weighted by molar-refractivity contribution is -0.145. The van der Waals surface area contributed by atoms with E-state index in [1.165, 1.54) is 0 Å². The van der Waals surface area contributed by atoms with Gasteiger partial charge in [-0.15, -0.1) is 0 Å². The summed E-state index contributed by atoms with van der Waals surface area (Å²) in [5, 5.41) is 0. The summed E-state index contributed by atoms with van der Waals surface area (Å²) in [6.45, 7) is 4.23. The molecule has 0 aliphatic carbocycles. The number of imidazole rings is 1. The molecular formula is C13H17N3O2. The van der Waals surface area contributed by atoms with Gasteiger partial charge in [0.2, 0.25) is 0 Å². The molecule has 0 saturated carbocycles. The number of carbonyl (C=O) groups is 1. The molecule has 1 N–H and O–H groups in total. The fourth-order valence-corrected chi connectivity index (χ4v) is 1.93. The molecule has 0 aliphatic heterocycles. The van der Waals surface area contributed by atoms with E-state index in [0.717, 1.165) is 18.4 Å². The first-order valence-electron chi connectivity index (χ1n) is 6.23. The minimum Gasteiger partial charge on any atom is -0.465 e. The smallest absolute Gasteiger partial charge is 0.316 e. The average molecular weight is 247 g/mol. The van der Waals surface area contributed by atoms with Crippen LogP contribution >= 0.6 is 0 Å². The number of aromatic amines is 1. The number of hydrogen-bond acceptors (Lipinski definition) is 4. The maximum absolute atomic E-state index is 11.9. The number of ether oxygens (including phenoxy) is 1. The summed E-state index contributed by atoms with van der Waals surface area (Å²) in [6, 6.07) is 3.73. The van der Waals surface area contributed by atoms with Crippen LogP contribution in [0.4, 0.5) is 0 Å². The SMILES string of the molecule is CCCC(C(=O)OCC)c1nc2ncccc2[nH]1. The first-order valence-corrected chi connectivity index (χ1v) is 6.23. The molecule has 0 radical (unpaired) electrons. The van der Waals surface area contributed by atoms with Gasteiger partial charge >= 0.3 is 5.97 Å². The Labute approximate surface area is 106 Å². The summed E-state index contributed by atoms with van der Waals surface area (Å²) in [4.78, 5) is 23.6. The number of carbonyl (C=O) groups excluding carboxylic acids is 1. The van der Waals surface area contributed by atoms with Gasteiger partial charge in [0.25, 0.3) is 0 Å². The summed E-state index contributed by atoms with van der Waals surface area (Å²) < 4.78 is 5.09. The number of nitrogens with one attached hydrogen (secondary N) is 1. The van der Waals surface area contributed by atoms with Gasteiger partial charge in [-0.2, -0.15) is 0 Å². The molecule has 96 valence electrons. The summed E-state index contributed by atoms with van der Waals surface area (Å²) in [6.07, 6.45) is 3.30. The lowest BCUT2D eigenvalue weighted by Crippen LogP contribution is -2.17. The van der Waals surface area contributed by atoms with E-state index in [0.29, 0.717) is 18.1 Å². The van der Waals surface area contributed by atoms with Crippen LogP contribution in [-0.2, 0) is 9.53 Å². The second-order valence-electron chi connectivity index (χ2n) is 4.09. The predicted octanol–water partition coefficient (Wildman–Crippen LogP) is 2.40. The molecule has 1 unspecified atom stereocenters. The van der Waals surface area contributed by atoms with Crippen LogP contribution in [0.5, 0.6) is 0 Å². The van der Waals surface area contributed by atoms with Crippen molar-refractivity contribution in [1.82, 2.24) is 15.0 Å². The third-order valence-corrected chi connectivity index (χ3v) is 2.75. The standard InChI is InChI=1S/C13H17N3O2/c1-3-6-9(13(17)18-4-2)11-15-10-7-5-8-14-12(10)16-11/h5,7-9H,3-4,6H2,1-2H3,(H,14,15,16). The van der Waals surface area contributed by atoms with Gasteiger partial charge in [-0.1, -0.05) is 13.3 Å². The van der Waals surface area contributed by atoms with E-state index in [1.54, 1.807) is 13.1 Å². The van der Waals surface area contributed by atoms with Gasteiger partial charge in [0.1, 0.15) is 11.7 Å². The molecule has 0 spiro atoms. The molecule has 0 saturated heterocycles. The number of fused-ring (bicyclic) bond motifs is 1. The van der Waals surface area contributed by atoms with Gasteiger partial charge in [-0.05, 0) is 25.5 Å². The van der Waals surface area contributed by atoms with E-state index < -0.39 is 0 Å². The highest BCUT2D eigenvalue weighted by atomic mass is 16.5. The Bertz CT molecular complexity index is 503. The normalized spacial score (nSPS) is 12.6. The highest BCUT2D eigenvalue weighted by Crippen LogP contribution is 2.22. The zero-order chi connectivity index (χ0) is 13.0. The molecule has 5 heteroatoms. The van der Waals surface area contributed by atoms with Gasteiger partial charge < -0.3 is 9.72 Å². The van der Waals surface area contributed by atoms with E-state index in [-0.39, 0.29) is 11.9 Å². The molecule has 5 nitrogen and oxygen atoms in total. The molecule has 0 aliphatic rings. The zero-order valence-corrected chi connectivity index (χ0v) is 10.6. The first-order chi connectivity index (χ1) is 8.76. The van der Waals surface area contributed by atoms with Crippen molar-refractivity contribution in [1.29, 1.82) is 0 Å². The van der Waals surface area contributed by atoms with E-state index >= 15 is 0 Å². The lowest BCUT2D eigenvalue weighted by atomic mass is 10.0. The summed E-state index contributed by atoms with van der Waals surface area (Å²) in [5.41, 5.74) is 1.48. The van der Waals surface area contributed by atoms with Crippen molar-refractivity contribution >= 4 is 17.1 Å². The molecule has 2 aromatic heterocycles. The van der Waals surface area contributed by atoms with Crippen molar-refractivity contribution in [3.63, 3.8) is 0 Å². The van der Waals surface area contributed by atoms with E-state index in [4.69, 9.17) is 4.74 Å². The van der Waals surface area contributed by atoms with E-state index in [1.807, 2.05) is 19.1 Å². The summed E-state index contributed by atoms with van der Waals surface area (Å²) in [5.74, 6) is 0.0894. The predicted molar refractivity (Wildman–Crippen MR) is 68.2 cm³/mol. The second-order valence-corrected chi connectivity index (χ2v) is 4.09. The van der Waals surface area contributed by atoms with Gasteiger partial charge in [-0.3, -0.25) is 4.79 Å². The molecule has 18 heavy (non-hydrogen) atoms. The van der Waals surface area contributed by atoms with Crippen LogP contribution < -0.4 is 0 Å². The van der Waals surface area contributed by atoms with Crippen molar-refractivity contribution in [3.05, 3.63) is 24.2 Å². The number of H-pyrrole nitrogens is 1. The number of hydrogen-bond donors (Lipinski definition) is 1. The first kappa shape index (κ1) is 12.5. The fourth-order valence-electron chi connectivity index (χ4n) is 1.93. The van der Waals surface area contributed by atoms with Crippen LogP contribution in [0.3, 0.4) is 0 Å². The number of nitrogens with zero attached hydrogens (tertiary/aromatic N) is 2. The van der Waals surface area contributed by atoms with Crippen LogP contribution in [0.1, 0.15) is 38.4 Å². The fraction of sp³-hybridized carbons (Fsp3) is 0.462. The third-order valence-electron chi connectivity index (χ3n) is 2.75. The van der Waals surface area contributed by atoms with Crippen molar-refractivity contribution < 1.29 is 9.53 Å². The van der Waals surface area contributed by atoms with Crippen molar-refractivity contribution in [2.24, 2.45) is 0 Å². The zero-order valence-electron chi connectivity index (χ0n) is 10.6. The van der Waals surface area contributed by atoms with Gasteiger partial charge in [0.15, 0.2) is 5.65 Å². The maximum atomic E-state index is 11.9. The van der Waals surface area contributed by atoms with Crippen molar-refractivity contribution in [2.75, 3.05) is 6.61 Å².